The third-order valence-electron chi connectivity index (χ3n) is 4.88. The molecule has 0 saturated carbocycles. The summed E-state index contributed by atoms with van der Waals surface area (Å²) in [6, 6.07) is 6.22. The fourth-order valence-corrected chi connectivity index (χ4v) is 3.27. The van der Waals surface area contributed by atoms with Gasteiger partial charge in [0, 0.05) is 31.7 Å². The SMILES string of the molecule is CO[C@@](C)(C(=O)N1CCC(c2nc(C)no2)CC1)c1ccccc1F. The number of halogens is 1. The lowest BCUT2D eigenvalue weighted by Crippen LogP contribution is -2.49. The average Bonchev–Trinajstić information content (AvgIpc) is 3.07. The molecule has 1 aromatic carbocycles. The fraction of sp³-hybridized carbons (Fsp3) is 0.500. The Morgan fingerprint density at radius 2 is 2.04 bits per heavy atom. The minimum atomic E-state index is -1.35. The van der Waals surface area contributed by atoms with E-state index < -0.39 is 11.4 Å². The van der Waals surface area contributed by atoms with Crippen molar-refractivity contribution >= 4 is 5.91 Å². The van der Waals surface area contributed by atoms with Crippen molar-refractivity contribution in [2.45, 2.75) is 38.2 Å². The van der Waals surface area contributed by atoms with Crippen molar-refractivity contribution in [1.29, 1.82) is 0 Å². The van der Waals surface area contributed by atoms with Gasteiger partial charge in [0.25, 0.3) is 5.91 Å². The summed E-state index contributed by atoms with van der Waals surface area (Å²) in [5.41, 5.74) is -1.10. The van der Waals surface area contributed by atoms with Gasteiger partial charge >= 0.3 is 0 Å². The lowest BCUT2D eigenvalue weighted by atomic mass is 9.90. The molecule has 2 aromatic rings. The van der Waals surface area contributed by atoms with Crippen LogP contribution < -0.4 is 0 Å². The van der Waals surface area contributed by atoms with Crippen molar-refractivity contribution in [3.05, 3.63) is 47.4 Å². The Kier molecular flexibility index (Phi) is 4.85. The minimum absolute atomic E-state index is 0.146. The van der Waals surface area contributed by atoms with Crippen LogP contribution >= 0.6 is 0 Å². The number of carbonyl (C=O) groups is 1. The summed E-state index contributed by atoms with van der Waals surface area (Å²) in [6.07, 6.45) is 1.45. The predicted molar refractivity (Wildman–Crippen MR) is 88.4 cm³/mol. The van der Waals surface area contributed by atoms with E-state index in [9.17, 15) is 9.18 Å². The van der Waals surface area contributed by atoms with Crippen molar-refractivity contribution in [3.63, 3.8) is 0 Å². The minimum Gasteiger partial charge on any atom is -0.364 e. The molecule has 0 bridgehead atoms. The highest BCUT2D eigenvalue weighted by molar-refractivity contribution is 5.86. The van der Waals surface area contributed by atoms with Crippen LogP contribution in [0, 0.1) is 12.7 Å². The number of rotatable bonds is 4. The third kappa shape index (κ3) is 3.28. The number of benzene rings is 1. The Bertz CT molecular complexity index is 756. The molecule has 1 amide bonds. The van der Waals surface area contributed by atoms with Gasteiger partial charge in [0.1, 0.15) is 5.82 Å². The zero-order valence-corrected chi connectivity index (χ0v) is 14.7. The van der Waals surface area contributed by atoms with Gasteiger partial charge < -0.3 is 14.2 Å². The molecule has 1 aliphatic rings. The first kappa shape index (κ1) is 17.5. The van der Waals surface area contributed by atoms with Gasteiger partial charge in [-0.1, -0.05) is 23.4 Å². The van der Waals surface area contributed by atoms with Crippen molar-refractivity contribution in [3.8, 4) is 0 Å². The lowest BCUT2D eigenvalue weighted by Gasteiger charge is -2.37. The van der Waals surface area contributed by atoms with E-state index in [1.54, 1.807) is 36.9 Å². The molecule has 0 unspecified atom stereocenters. The predicted octanol–water partition coefficient (Wildman–Crippen LogP) is 2.78. The number of ether oxygens (including phenoxy) is 1. The molecule has 6 nitrogen and oxygen atoms in total. The van der Waals surface area contributed by atoms with Crippen LogP contribution in [0.2, 0.25) is 0 Å². The highest BCUT2D eigenvalue weighted by Gasteiger charge is 2.41. The summed E-state index contributed by atoms with van der Waals surface area (Å²) in [4.78, 5) is 19.0. The molecule has 1 aromatic heterocycles. The molecule has 1 atom stereocenters. The molecule has 7 heteroatoms. The number of piperidine rings is 1. The van der Waals surface area contributed by atoms with Crippen LogP contribution in [0.3, 0.4) is 0 Å². The number of hydrogen-bond acceptors (Lipinski definition) is 5. The first-order valence-corrected chi connectivity index (χ1v) is 8.35. The molecule has 0 aliphatic carbocycles. The Balaban J connectivity index is 1.73. The Labute approximate surface area is 146 Å². The number of hydrogen-bond donors (Lipinski definition) is 0. The number of amides is 1. The maximum atomic E-state index is 14.2. The van der Waals surface area contributed by atoms with E-state index in [1.807, 2.05) is 0 Å². The van der Waals surface area contributed by atoms with Crippen LogP contribution in [0.1, 0.15) is 43.0 Å². The molecule has 1 aliphatic heterocycles. The zero-order valence-electron chi connectivity index (χ0n) is 14.7. The Morgan fingerprint density at radius 1 is 1.36 bits per heavy atom. The normalized spacial score (nSPS) is 18.2. The van der Waals surface area contributed by atoms with Crippen LogP contribution in [0.15, 0.2) is 28.8 Å². The average molecular weight is 347 g/mol. The van der Waals surface area contributed by atoms with E-state index in [1.165, 1.54) is 13.2 Å². The molecule has 3 rings (SSSR count). The van der Waals surface area contributed by atoms with Crippen LogP contribution in [-0.4, -0.2) is 41.1 Å². The number of carbonyl (C=O) groups excluding carboxylic acids is 1. The standard InChI is InChI=1S/C18H22FN3O3/c1-12-20-16(25-21-12)13-8-10-22(11-9-13)17(23)18(2,24-3)14-6-4-5-7-15(14)19/h4-7,13H,8-11H2,1-3H3/t18-/m1/s1. The quantitative estimate of drug-likeness (QED) is 0.851. The van der Waals surface area contributed by atoms with E-state index in [0.29, 0.717) is 24.8 Å². The van der Waals surface area contributed by atoms with Gasteiger partial charge in [-0.25, -0.2) is 4.39 Å². The molecule has 2 heterocycles. The van der Waals surface area contributed by atoms with Crippen LogP contribution in [0.5, 0.6) is 0 Å². The van der Waals surface area contributed by atoms with E-state index in [4.69, 9.17) is 9.26 Å². The van der Waals surface area contributed by atoms with Gasteiger partial charge in [-0.2, -0.15) is 4.98 Å². The van der Waals surface area contributed by atoms with Gasteiger partial charge in [0.15, 0.2) is 11.4 Å². The van der Waals surface area contributed by atoms with E-state index in [0.717, 1.165) is 12.8 Å². The molecular weight excluding hydrogens is 325 g/mol. The van der Waals surface area contributed by atoms with Gasteiger partial charge in [-0.05, 0) is 32.8 Å². The van der Waals surface area contributed by atoms with Gasteiger partial charge in [0.05, 0.1) is 0 Å². The first-order valence-electron chi connectivity index (χ1n) is 8.35. The summed E-state index contributed by atoms with van der Waals surface area (Å²) >= 11 is 0. The summed E-state index contributed by atoms with van der Waals surface area (Å²) < 4.78 is 24.9. The summed E-state index contributed by atoms with van der Waals surface area (Å²) in [5.74, 6) is 0.692. The summed E-state index contributed by atoms with van der Waals surface area (Å²) in [5, 5.41) is 3.82. The number of aromatic nitrogens is 2. The molecule has 0 N–H and O–H groups in total. The molecule has 0 spiro atoms. The highest BCUT2D eigenvalue weighted by atomic mass is 19.1. The maximum absolute atomic E-state index is 14.2. The van der Waals surface area contributed by atoms with Gasteiger partial charge in [-0.3, -0.25) is 4.79 Å². The van der Waals surface area contributed by atoms with Crippen molar-refractivity contribution < 1.29 is 18.4 Å². The van der Waals surface area contributed by atoms with Crippen LogP contribution in [0.4, 0.5) is 4.39 Å². The Hall–Kier alpha value is -2.28. The zero-order chi connectivity index (χ0) is 18.0. The van der Waals surface area contributed by atoms with E-state index in [2.05, 4.69) is 10.1 Å². The van der Waals surface area contributed by atoms with Crippen molar-refractivity contribution in [2.24, 2.45) is 0 Å². The monoisotopic (exact) mass is 347 g/mol. The highest BCUT2D eigenvalue weighted by Crippen LogP contribution is 2.33. The van der Waals surface area contributed by atoms with Crippen molar-refractivity contribution in [2.75, 3.05) is 20.2 Å². The maximum Gasteiger partial charge on any atom is 0.259 e. The van der Waals surface area contributed by atoms with Crippen molar-refractivity contribution in [1.82, 2.24) is 15.0 Å². The number of methoxy groups -OCH3 is 1. The second-order valence-corrected chi connectivity index (χ2v) is 6.46. The summed E-state index contributed by atoms with van der Waals surface area (Å²) in [6.45, 7) is 4.47. The second-order valence-electron chi connectivity index (χ2n) is 6.46. The molecular formula is C18H22FN3O3. The molecule has 1 saturated heterocycles. The lowest BCUT2D eigenvalue weighted by molar-refractivity contribution is -0.155. The van der Waals surface area contributed by atoms with E-state index >= 15 is 0 Å². The molecule has 1 fully saturated rings. The topological polar surface area (TPSA) is 68.5 Å². The van der Waals surface area contributed by atoms with Crippen LogP contribution in [-0.2, 0) is 15.1 Å². The molecule has 25 heavy (non-hydrogen) atoms. The third-order valence-corrected chi connectivity index (χ3v) is 4.88. The van der Waals surface area contributed by atoms with Gasteiger partial charge in [0.2, 0.25) is 5.89 Å². The number of aryl methyl sites for hydroxylation is 1. The second kappa shape index (κ2) is 6.92. The van der Waals surface area contributed by atoms with Crippen LogP contribution in [0.25, 0.3) is 0 Å². The van der Waals surface area contributed by atoms with E-state index in [-0.39, 0.29) is 17.4 Å². The smallest absolute Gasteiger partial charge is 0.259 e. The number of likely N-dealkylation sites (tertiary alicyclic amines) is 1. The molecule has 134 valence electrons. The van der Waals surface area contributed by atoms with Gasteiger partial charge in [-0.15, -0.1) is 0 Å². The fourth-order valence-electron chi connectivity index (χ4n) is 3.27. The first-order chi connectivity index (χ1) is 12.0. The number of nitrogens with zero attached hydrogens (tertiary/aromatic N) is 3. The Morgan fingerprint density at radius 3 is 2.60 bits per heavy atom. The largest absolute Gasteiger partial charge is 0.364 e. The summed E-state index contributed by atoms with van der Waals surface area (Å²) in [7, 11) is 1.43. The molecule has 0 radical (unpaired) electrons.